The number of carboxylic acids is 1. The second-order valence-corrected chi connectivity index (χ2v) is 5.33. The van der Waals surface area contributed by atoms with Gasteiger partial charge in [-0.3, -0.25) is 9.59 Å². The van der Waals surface area contributed by atoms with Gasteiger partial charge in [-0.2, -0.15) is 0 Å². The third-order valence-corrected chi connectivity index (χ3v) is 3.88. The smallest absolute Gasteiger partial charge is 0.306 e. The maximum Gasteiger partial charge on any atom is 0.306 e. The Morgan fingerprint density at radius 1 is 1.25 bits per heavy atom. The lowest BCUT2D eigenvalue weighted by Gasteiger charge is -2.17. The van der Waals surface area contributed by atoms with Gasteiger partial charge in [-0.15, -0.1) is 0 Å². The van der Waals surface area contributed by atoms with Crippen molar-refractivity contribution >= 4 is 11.9 Å². The number of hydrogen-bond donors (Lipinski definition) is 2. The van der Waals surface area contributed by atoms with E-state index in [4.69, 9.17) is 5.11 Å². The lowest BCUT2D eigenvalue weighted by Crippen LogP contribution is -2.32. The molecular formula is C15H18FNO3. The molecule has 4 nitrogen and oxygen atoms in total. The van der Waals surface area contributed by atoms with Gasteiger partial charge in [-0.1, -0.05) is 12.1 Å². The van der Waals surface area contributed by atoms with Gasteiger partial charge in [-0.05, 0) is 43.9 Å². The van der Waals surface area contributed by atoms with Crippen LogP contribution in [0.1, 0.15) is 37.8 Å². The van der Waals surface area contributed by atoms with Crippen LogP contribution in [0.5, 0.6) is 0 Å². The second-order valence-electron chi connectivity index (χ2n) is 5.33. The zero-order chi connectivity index (χ0) is 14.7. The molecule has 5 heteroatoms. The number of hydrogen-bond acceptors (Lipinski definition) is 2. The number of amides is 1. The van der Waals surface area contributed by atoms with Crippen LogP contribution >= 0.6 is 0 Å². The van der Waals surface area contributed by atoms with E-state index in [1.807, 2.05) is 6.92 Å². The van der Waals surface area contributed by atoms with E-state index in [2.05, 4.69) is 5.32 Å². The van der Waals surface area contributed by atoms with E-state index in [9.17, 15) is 14.0 Å². The first-order valence-electron chi connectivity index (χ1n) is 6.76. The van der Waals surface area contributed by atoms with Crippen molar-refractivity contribution in [2.45, 2.75) is 32.2 Å². The monoisotopic (exact) mass is 279 g/mol. The highest BCUT2D eigenvalue weighted by Gasteiger charge is 2.34. The predicted molar refractivity (Wildman–Crippen MR) is 71.4 cm³/mol. The lowest BCUT2D eigenvalue weighted by molar-refractivity contribution is -0.141. The molecule has 1 amide bonds. The van der Waals surface area contributed by atoms with Crippen molar-refractivity contribution in [1.82, 2.24) is 5.32 Å². The van der Waals surface area contributed by atoms with Gasteiger partial charge in [0.1, 0.15) is 5.82 Å². The number of benzene rings is 1. The third kappa shape index (κ3) is 3.35. The summed E-state index contributed by atoms with van der Waals surface area (Å²) in [6, 6.07) is 5.76. The van der Waals surface area contributed by atoms with Crippen molar-refractivity contribution in [3.8, 4) is 0 Å². The predicted octanol–water partition coefficient (Wildman–Crippen LogP) is 2.50. The Morgan fingerprint density at radius 3 is 2.40 bits per heavy atom. The molecule has 0 spiro atoms. The molecule has 0 heterocycles. The molecule has 1 fully saturated rings. The minimum absolute atomic E-state index is 0.120. The van der Waals surface area contributed by atoms with Crippen LogP contribution in [-0.4, -0.2) is 17.0 Å². The fourth-order valence-electron chi connectivity index (χ4n) is 2.61. The number of carbonyl (C=O) groups is 2. The summed E-state index contributed by atoms with van der Waals surface area (Å²) in [4.78, 5) is 23.0. The minimum Gasteiger partial charge on any atom is -0.481 e. The number of carbonyl (C=O) groups excluding carboxylic acids is 1. The Hall–Kier alpha value is -1.91. The van der Waals surface area contributed by atoms with Gasteiger partial charge < -0.3 is 10.4 Å². The fraction of sp³-hybridized carbons (Fsp3) is 0.467. The van der Waals surface area contributed by atoms with E-state index in [0.29, 0.717) is 19.3 Å². The van der Waals surface area contributed by atoms with E-state index < -0.39 is 11.9 Å². The summed E-state index contributed by atoms with van der Waals surface area (Å²) in [5.41, 5.74) is 0.826. The van der Waals surface area contributed by atoms with Gasteiger partial charge in [0.15, 0.2) is 0 Å². The van der Waals surface area contributed by atoms with E-state index >= 15 is 0 Å². The molecule has 0 unspecified atom stereocenters. The summed E-state index contributed by atoms with van der Waals surface area (Å²) in [7, 11) is 0. The Morgan fingerprint density at radius 2 is 1.85 bits per heavy atom. The van der Waals surface area contributed by atoms with Gasteiger partial charge in [0, 0.05) is 5.92 Å². The highest BCUT2D eigenvalue weighted by Crippen LogP contribution is 2.31. The molecular weight excluding hydrogens is 261 g/mol. The van der Waals surface area contributed by atoms with Crippen molar-refractivity contribution < 1.29 is 19.1 Å². The summed E-state index contributed by atoms with van der Waals surface area (Å²) in [6.07, 6.45) is 1.56. The van der Waals surface area contributed by atoms with Gasteiger partial charge >= 0.3 is 5.97 Å². The van der Waals surface area contributed by atoms with E-state index in [1.54, 1.807) is 12.1 Å². The van der Waals surface area contributed by atoms with Crippen LogP contribution in [0.2, 0.25) is 0 Å². The fourth-order valence-corrected chi connectivity index (χ4v) is 2.61. The van der Waals surface area contributed by atoms with Crippen molar-refractivity contribution in [3.63, 3.8) is 0 Å². The third-order valence-electron chi connectivity index (χ3n) is 3.88. The lowest BCUT2D eigenvalue weighted by atomic mass is 10.0. The Balaban J connectivity index is 1.91. The van der Waals surface area contributed by atoms with E-state index in [0.717, 1.165) is 5.56 Å². The normalized spacial score (nSPS) is 23.3. The van der Waals surface area contributed by atoms with Gasteiger partial charge in [0.25, 0.3) is 0 Å². The summed E-state index contributed by atoms with van der Waals surface area (Å²) in [6.45, 7) is 1.83. The zero-order valence-electron chi connectivity index (χ0n) is 11.3. The van der Waals surface area contributed by atoms with E-state index in [-0.39, 0.29) is 23.7 Å². The number of halogens is 1. The Kier molecular flexibility index (Phi) is 4.37. The number of nitrogens with one attached hydrogen (secondary N) is 1. The van der Waals surface area contributed by atoms with Crippen molar-refractivity contribution in [2.24, 2.45) is 11.8 Å². The molecule has 0 bridgehead atoms. The van der Waals surface area contributed by atoms with Crippen LogP contribution in [0.15, 0.2) is 24.3 Å². The molecule has 1 saturated carbocycles. The maximum atomic E-state index is 12.8. The molecule has 20 heavy (non-hydrogen) atoms. The van der Waals surface area contributed by atoms with Gasteiger partial charge in [0.2, 0.25) is 5.91 Å². The number of carboxylic acid groups (broad SMARTS) is 1. The topological polar surface area (TPSA) is 66.4 Å². The summed E-state index contributed by atoms with van der Waals surface area (Å²) in [5, 5.41) is 11.8. The summed E-state index contributed by atoms with van der Waals surface area (Å²) in [5.74, 6) is -1.91. The Bertz CT molecular complexity index is 500. The first-order chi connectivity index (χ1) is 9.47. The molecule has 2 rings (SSSR count). The van der Waals surface area contributed by atoms with Crippen molar-refractivity contribution in [3.05, 3.63) is 35.6 Å². The first kappa shape index (κ1) is 14.5. The molecule has 108 valence electrons. The molecule has 1 aliphatic carbocycles. The van der Waals surface area contributed by atoms with Crippen LogP contribution in [-0.2, 0) is 9.59 Å². The molecule has 1 aromatic rings. The average molecular weight is 279 g/mol. The second kappa shape index (κ2) is 6.03. The SMILES string of the molecule is C[C@@H](NC(=O)[C@@H]1CC[C@H](C(=O)O)C1)c1ccc(F)cc1. The van der Waals surface area contributed by atoms with Gasteiger partial charge in [0.05, 0.1) is 12.0 Å². The summed E-state index contributed by atoms with van der Waals surface area (Å²) >= 11 is 0. The quantitative estimate of drug-likeness (QED) is 0.890. The van der Waals surface area contributed by atoms with Crippen LogP contribution in [0.4, 0.5) is 4.39 Å². The average Bonchev–Trinajstić information content (AvgIpc) is 2.89. The standard InChI is InChI=1S/C15H18FNO3/c1-9(10-4-6-13(16)7-5-10)17-14(18)11-2-3-12(8-11)15(19)20/h4-7,9,11-12H,2-3,8H2,1H3,(H,17,18)(H,19,20)/t9-,11-,12+/m1/s1. The largest absolute Gasteiger partial charge is 0.481 e. The van der Waals surface area contributed by atoms with Crippen LogP contribution in [0.25, 0.3) is 0 Å². The zero-order valence-corrected chi connectivity index (χ0v) is 11.3. The van der Waals surface area contributed by atoms with E-state index in [1.165, 1.54) is 12.1 Å². The van der Waals surface area contributed by atoms with Crippen LogP contribution in [0.3, 0.4) is 0 Å². The molecule has 2 N–H and O–H groups in total. The van der Waals surface area contributed by atoms with Crippen molar-refractivity contribution in [2.75, 3.05) is 0 Å². The van der Waals surface area contributed by atoms with Crippen LogP contribution < -0.4 is 5.32 Å². The number of rotatable bonds is 4. The summed E-state index contributed by atoms with van der Waals surface area (Å²) < 4.78 is 12.8. The highest BCUT2D eigenvalue weighted by atomic mass is 19.1. The maximum absolute atomic E-state index is 12.8. The van der Waals surface area contributed by atoms with Crippen molar-refractivity contribution in [1.29, 1.82) is 0 Å². The van der Waals surface area contributed by atoms with Gasteiger partial charge in [-0.25, -0.2) is 4.39 Å². The Labute approximate surface area is 117 Å². The molecule has 0 saturated heterocycles. The van der Waals surface area contributed by atoms with Crippen LogP contribution in [0, 0.1) is 17.7 Å². The molecule has 0 aliphatic heterocycles. The highest BCUT2D eigenvalue weighted by molar-refractivity contribution is 5.81. The molecule has 0 radical (unpaired) electrons. The minimum atomic E-state index is -0.827. The molecule has 1 aromatic carbocycles. The molecule has 3 atom stereocenters. The first-order valence-corrected chi connectivity index (χ1v) is 6.76. The number of aliphatic carboxylic acids is 1. The molecule has 0 aromatic heterocycles. The molecule has 1 aliphatic rings.